The highest BCUT2D eigenvalue weighted by Gasteiger charge is 2.08. The van der Waals surface area contributed by atoms with Crippen LogP contribution in [0.4, 0.5) is 0 Å². The first-order valence-corrected chi connectivity index (χ1v) is 7.05. The molecule has 0 bridgehead atoms. The number of rotatable bonds is 4. The van der Waals surface area contributed by atoms with Gasteiger partial charge in [-0.1, -0.05) is 41.0 Å². The number of nitrogens with zero attached hydrogens (tertiary/aromatic N) is 1. The van der Waals surface area contributed by atoms with Crippen LogP contribution >= 0.6 is 35.0 Å². The molecule has 1 aromatic heterocycles. The van der Waals surface area contributed by atoms with E-state index in [4.69, 9.17) is 28.9 Å². The van der Waals surface area contributed by atoms with E-state index in [0.29, 0.717) is 16.6 Å². The third kappa shape index (κ3) is 3.39. The van der Waals surface area contributed by atoms with Gasteiger partial charge < -0.3 is 5.73 Å². The number of benzene rings is 1. The number of halogens is 2. The van der Waals surface area contributed by atoms with Crippen molar-refractivity contribution >= 4 is 35.0 Å². The number of hydrogen-bond donors (Lipinski definition) is 1. The van der Waals surface area contributed by atoms with E-state index in [1.165, 1.54) is 11.8 Å². The summed E-state index contributed by atoms with van der Waals surface area (Å²) in [6.07, 6.45) is 2.58. The molecule has 0 aliphatic carbocycles. The Bertz CT molecular complexity index is 546. The van der Waals surface area contributed by atoms with E-state index in [0.717, 1.165) is 21.9 Å². The Morgan fingerprint density at radius 2 is 2.06 bits per heavy atom. The molecule has 2 nitrogen and oxygen atoms in total. The monoisotopic (exact) mass is 298 g/mol. The van der Waals surface area contributed by atoms with Crippen molar-refractivity contribution in [3.05, 3.63) is 52.1 Å². The van der Waals surface area contributed by atoms with Crippen LogP contribution in [0.25, 0.3) is 0 Å². The fourth-order valence-corrected chi connectivity index (χ4v) is 2.96. The second kappa shape index (κ2) is 6.43. The molecule has 0 unspecified atom stereocenters. The van der Waals surface area contributed by atoms with Gasteiger partial charge in [-0.3, -0.25) is 0 Å². The predicted molar refractivity (Wildman–Crippen MR) is 77.6 cm³/mol. The number of nitrogens with two attached hydrogens (primary N) is 1. The lowest BCUT2D eigenvalue weighted by Crippen LogP contribution is -2.04. The summed E-state index contributed by atoms with van der Waals surface area (Å²) in [5.74, 6) is 0. The van der Waals surface area contributed by atoms with Crippen molar-refractivity contribution in [2.24, 2.45) is 5.73 Å². The van der Waals surface area contributed by atoms with Crippen molar-refractivity contribution in [1.82, 2.24) is 4.98 Å². The lowest BCUT2D eigenvalue weighted by molar-refractivity contribution is 0.911. The highest BCUT2D eigenvalue weighted by Crippen LogP contribution is 2.35. The van der Waals surface area contributed by atoms with Gasteiger partial charge in [0, 0.05) is 16.1 Å². The van der Waals surface area contributed by atoms with E-state index in [2.05, 4.69) is 4.98 Å². The largest absolute Gasteiger partial charge is 0.330 e. The van der Waals surface area contributed by atoms with Crippen molar-refractivity contribution in [2.75, 3.05) is 6.54 Å². The van der Waals surface area contributed by atoms with Crippen molar-refractivity contribution in [3.63, 3.8) is 0 Å². The molecule has 2 aromatic rings. The first kappa shape index (κ1) is 13.7. The Kier molecular flexibility index (Phi) is 4.89. The van der Waals surface area contributed by atoms with E-state index < -0.39 is 0 Å². The lowest BCUT2D eigenvalue weighted by atomic mass is 10.2. The van der Waals surface area contributed by atoms with Gasteiger partial charge in [-0.05, 0) is 42.8 Å². The van der Waals surface area contributed by atoms with Crippen LogP contribution < -0.4 is 5.73 Å². The molecule has 0 fully saturated rings. The molecule has 0 radical (unpaired) electrons. The van der Waals surface area contributed by atoms with Crippen molar-refractivity contribution in [1.29, 1.82) is 0 Å². The van der Waals surface area contributed by atoms with Crippen LogP contribution in [0.5, 0.6) is 0 Å². The summed E-state index contributed by atoms with van der Waals surface area (Å²) < 4.78 is 0. The van der Waals surface area contributed by atoms with Crippen LogP contribution in [0.3, 0.4) is 0 Å². The van der Waals surface area contributed by atoms with Gasteiger partial charge in [0.15, 0.2) is 0 Å². The van der Waals surface area contributed by atoms with Gasteiger partial charge in [0.2, 0.25) is 0 Å². The first-order chi connectivity index (χ1) is 8.70. The molecule has 0 saturated heterocycles. The van der Waals surface area contributed by atoms with Crippen LogP contribution in [-0.4, -0.2) is 11.5 Å². The minimum atomic E-state index is 0.605. The van der Waals surface area contributed by atoms with Gasteiger partial charge in [0.25, 0.3) is 0 Å². The Labute approximate surface area is 121 Å². The maximum atomic E-state index is 6.15. The van der Waals surface area contributed by atoms with Crippen LogP contribution in [-0.2, 0) is 6.42 Å². The Balaban J connectivity index is 2.28. The molecule has 2 N–H and O–H groups in total. The Hall–Kier alpha value is -0.740. The molecule has 5 heteroatoms. The second-order valence-electron chi connectivity index (χ2n) is 3.68. The summed E-state index contributed by atoms with van der Waals surface area (Å²) in [6, 6.07) is 9.40. The van der Waals surface area contributed by atoms with Gasteiger partial charge in [-0.15, -0.1) is 0 Å². The third-order valence-electron chi connectivity index (χ3n) is 2.36. The molecule has 2 rings (SSSR count). The van der Waals surface area contributed by atoms with E-state index in [1.807, 2.05) is 24.3 Å². The predicted octanol–water partition coefficient (Wildman–Crippen LogP) is 4.04. The Morgan fingerprint density at radius 3 is 2.78 bits per heavy atom. The molecule has 0 amide bonds. The fraction of sp³-hybridized carbons (Fsp3) is 0.154. The van der Waals surface area contributed by atoms with Crippen molar-refractivity contribution < 1.29 is 0 Å². The maximum Gasteiger partial charge on any atom is 0.104 e. The summed E-state index contributed by atoms with van der Waals surface area (Å²) >= 11 is 13.6. The third-order valence-corrected chi connectivity index (χ3v) is 4.16. The molecular weight excluding hydrogens is 287 g/mol. The van der Waals surface area contributed by atoms with E-state index in [-0.39, 0.29) is 0 Å². The van der Waals surface area contributed by atoms with E-state index >= 15 is 0 Å². The van der Waals surface area contributed by atoms with Crippen LogP contribution in [0.15, 0.2) is 46.5 Å². The zero-order valence-electron chi connectivity index (χ0n) is 9.57. The normalized spacial score (nSPS) is 10.6. The summed E-state index contributed by atoms with van der Waals surface area (Å²) in [5, 5.41) is 2.21. The standard InChI is InChI=1S/C13H12Cl2N2S/c14-10-3-4-12(11(15)8-10)18-13-9(5-6-16)2-1-7-17-13/h1-4,7-8H,5-6,16H2. The van der Waals surface area contributed by atoms with Gasteiger partial charge >= 0.3 is 0 Å². The number of aromatic nitrogens is 1. The minimum Gasteiger partial charge on any atom is -0.330 e. The minimum absolute atomic E-state index is 0.605. The van der Waals surface area contributed by atoms with Crippen LogP contribution in [0, 0.1) is 0 Å². The SMILES string of the molecule is NCCc1cccnc1Sc1ccc(Cl)cc1Cl. The molecule has 0 atom stereocenters. The zero-order valence-corrected chi connectivity index (χ0v) is 11.9. The van der Waals surface area contributed by atoms with Crippen LogP contribution in [0.1, 0.15) is 5.56 Å². The van der Waals surface area contributed by atoms with Crippen LogP contribution in [0.2, 0.25) is 10.0 Å². The molecule has 0 spiro atoms. The number of hydrogen-bond acceptors (Lipinski definition) is 3. The molecule has 0 saturated carbocycles. The molecule has 0 aliphatic rings. The van der Waals surface area contributed by atoms with E-state index in [9.17, 15) is 0 Å². The first-order valence-electron chi connectivity index (χ1n) is 5.47. The highest BCUT2D eigenvalue weighted by atomic mass is 35.5. The van der Waals surface area contributed by atoms with Gasteiger partial charge in [0.05, 0.1) is 5.02 Å². The number of pyridine rings is 1. The molecule has 94 valence electrons. The van der Waals surface area contributed by atoms with Gasteiger partial charge in [-0.25, -0.2) is 4.98 Å². The van der Waals surface area contributed by atoms with Gasteiger partial charge in [-0.2, -0.15) is 0 Å². The summed E-state index contributed by atoms with van der Waals surface area (Å²) in [6.45, 7) is 0.605. The average Bonchev–Trinajstić information content (AvgIpc) is 2.35. The molecule has 1 heterocycles. The molecular formula is C13H12Cl2N2S. The Morgan fingerprint density at radius 1 is 1.22 bits per heavy atom. The summed E-state index contributed by atoms with van der Waals surface area (Å²) in [7, 11) is 0. The van der Waals surface area contributed by atoms with E-state index in [1.54, 1.807) is 12.3 Å². The van der Waals surface area contributed by atoms with Crippen molar-refractivity contribution in [2.45, 2.75) is 16.3 Å². The summed E-state index contributed by atoms with van der Waals surface area (Å²) in [4.78, 5) is 5.31. The van der Waals surface area contributed by atoms with Crippen molar-refractivity contribution in [3.8, 4) is 0 Å². The quantitative estimate of drug-likeness (QED) is 0.926. The molecule has 0 aliphatic heterocycles. The highest BCUT2D eigenvalue weighted by molar-refractivity contribution is 7.99. The summed E-state index contributed by atoms with van der Waals surface area (Å²) in [5.41, 5.74) is 6.73. The molecule has 1 aromatic carbocycles. The zero-order chi connectivity index (χ0) is 13.0. The second-order valence-corrected chi connectivity index (χ2v) is 5.56. The fourth-order valence-electron chi connectivity index (χ4n) is 1.52. The smallest absolute Gasteiger partial charge is 0.104 e. The lowest BCUT2D eigenvalue weighted by Gasteiger charge is -2.08. The topological polar surface area (TPSA) is 38.9 Å². The average molecular weight is 299 g/mol. The maximum absolute atomic E-state index is 6.15. The van der Waals surface area contributed by atoms with Gasteiger partial charge in [0.1, 0.15) is 5.03 Å². The molecule has 18 heavy (non-hydrogen) atoms.